The number of hydrogen-bond acceptors (Lipinski definition) is 7. The molecular formula is C23H18N8. The van der Waals surface area contributed by atoms with Crippen LogP contribution in [0.25, 0.3) is 28.6 Å². The molecule has 0 fully saturated rings. The molecule has 1 aliphatic heterocycles. The van der Waals surface area contributed by atoms with Gasteiger partial charge in [-0.15, -0.1) is 15.3 Å². The van der Waals surface area contributed by atoms with Crippen molar-refractivity contribution in [3.05, 3.63) is 78.1 Å². The molecule has 0 N–H and O–H groups in total. The molecule has 0 amide bonds. The van der Waals surface area contributed by atoms with Gasteiger partial charge < -0.3 is 4.90 Å². The van der Waals surface area contributed by atoms with Gasteiger partial charge in [-0.1, -0.05) is 48.5 Å². The molecule has 0 bridgehead atoms. The minimum absolute atomic E-state index is 0.461. The first-order chi connectivity index (χ1) is 15.3. The van der Waals surface area contributed by atoms with Gasteiger partial charge in [0.05, 0.1) is 11.4 Å². The van der Waals surface area contributed by atoms with E-state index in [0.29, 0.717) is 28.9 Å². The Bertz CT molecular complexity index is 1410. The lowest BCUT2D eigenvalue weighted by Crippen LogP contribution is -2.16. The van der Waals surface area contributed by atoms with E-state index in [0.717, 1.165) is 29.9 Å². The quantitative estimate of drug-likeness (QED) is 0.452. The van der Waals surface area contributed by atoms with Gasteiger partial charge in [0.15, 0.2) is 5.82 Å². The number of anilines is 2. The van der Waals surface area contributed by atoms with Crippen LogP contribution < -0.4 is 4.90 Å². The molecule has 150 valence electrons. The molecule has 3 aromatic heterocycles. The minimum atomic E-state index is 0.461. The normalized spacial score (nSPS) is 13.0. The van der Waals surface area contributed by atoms with Gasteiger partial charge >= 0.3 is 0 Å². The Kier molecular flexibility index (Phi) is 3.95. The summed E-state index contributed by atoms with van der Waals surface area (Å²) < 4.78 is 1.72. The van der Waals surface area contributed by atoms with E-state index in [1.54, 1.807) is 10.7 Å². The van der Waals surface area contributed by atoms with Crippen molar-refractivity contribution in [1.82, 2.24) is 34.8 Å². The number of hydrogen-bond donors (Lipinski definition) is 0. The number of para-hydroxylation sites is 1. The van der Waals surface area contributed by atoms with Crippen molar-refractivity contribution in [2.75, 3.05) is 11.4 Å². The fourth-order valence-electron chi connectivity index (χ4n) is 3.96. The Labute approximate surface area is 178 Å². The molecular weight excluding hydrogens is 388 g/mol. The summed E-state index contributed by atoms with van der Waals surface area (Å²) in [6.07, 6.45) is 2.75. The summed E-state index contributed by atoms with van der Waals surface area (Å²) in [4.78, 5) is 16.0. The summed E-state index contributed by atoms with van der Waals surface area (Å²) >= 11 is 0. The predicted octanol–water partition coefficient (Wildman–Crippen LogP) is 3.65. The number of nitrogens with zero attached hydrogens (tertiary/aromatic N) is 8. The average Bonchev–Trinajstić information content (AvgIpc) is 3.45. The summed E-state index contributed by atoms with van der Waals surface area (Å²) in [5.74, 6) is 1.74. The number of benzene rings is 2. The highest BCUT2D eigenvalue weighted by atomic mass is 15.4. The van der Waals surface area contributed by atoms with Crippen LogP contribution in [0, 0.1) is 6.92 Å². The van der Waals surface area contributed by atoms with Crippen molar-refractivity contribution in [3.63, 3.8) is 0 Å². The van der Waals surface area contributed by atoms with Gasteiger partial charge in [0.1, 0.15) is 5.69 Å². The smallest absolute Gasteiger partial charge is 0.272 e. The predicted molar refractivity (Wildman–Crippen MR) is 117 cm³/mol. The molecule has 6 rings (SSSR count). The van der Waals surface area contributed by atoms with Crippen LogP contribution in [0.2, 0.25) is 0 Å². The second-order valence-electron chi connectivity index (χ2n) is 7.42. The van der Waals surface area contributed by atoms with Crippen LogP contribution in [0.15, 0.2) is 66.9 Å². The maximum absolute atomic E-state index is 4.81. The van der Waals surface area contributed by atoms with Crippen LogP contribution in [0.1, 0.15) is 11.3 Å². The lowest BCUT2D eigenvalue weighted by atomic mass is 10.2. The van der Waals surface area contributed by atoms with Crippen molar-refractivity contribution in [3.8, 4) is 22.8 Å². The van der Waals surface area contributed by atoms with Gasteiger partial charge in [-0.3, -0.25) is 0 Å². The second-order valence-corrected chi connectivity index (χ2v) is 7.42. The molecule has 8 nitrogen and oxygen atoms in total. The standard InChI is InChI=1S/C23H18N8/c1-15-20(27-28-23-26-21(29-31(15)23)17-8-3-2-4-9-17)18-11-13-24-22(25-18)30-14-12-16-7-5-6-10-19(16)30/h2-11,13H,12,14H2,1H3. The molecule has 2 aromatic carbocycles. The monoisotopic (exact) mass is 406 g/mol. The minimum Gasteiger partial charge on any atom is -0.310 e. The highest BCUT2D eigenvalue weighted by Gasteiger charge is 2.23. The fraction of sp³-hybridized carbons (Fsp3) is 0.130. The van der Waals surface area contributed by atoms with Gasteiger partial charge in [-0.25, -0.2) is 9.97 Å². The largest absolute Gasteiger partial charge is 0.310 e. The molecule has 1 aliphatic rings. The Morgan fingerprint density at radius 1 is 0.871 bits per heavy atom. The van der Waals surface area contributed by atoms with E-state index >= 15 is 0 Å². The topological polar surface area (TPSA) is 85.0 Å². The molecule has 8 heteroatoms. The zero-order chi connectivity index (χ0) is 20.8. The molecule has 5 aromatic rings. The van der Waals surface area contributed by atoms with Crippen LogP contribution in [-0.2, 0) is 6.42 Å². The van der Waals surface area contributed by atoms with Gasteiger partial charge in [0, 0.05) is 24.0 Å². The summed E-state index contributed by atoms with van der Waals surface area (Å²) in [5.41, 5.74) is 5.59. The van der Waals surface area contributed by atoms with Crippen LogP contribution in [0.5, 0.6) is 0 Å². The first-order valence-electron chi connectivity index (χ1n) is 10.1. The molecule has 4 heterocycles. The van der Waals surface area contributed by atoms with E-state index in [1.165, 1.54) is 5.56 Å². The summed E-state index contributed by atoms with van der Waals surface area (Å²) in [7, 11) is 0. The lowest BCUT2D eigenvalue weighted by molar-refractivity contribution is 0.850. The first kappa shape index (κ1) is 17.6. The zero-order valence-electron chi connectivity index (χ0n) is 16.8. The van der Waals surface area contributed by atoms with Gasteiger partial charge in [-0.2, -0.15) is 9.50 Å². The van der Waals surface area contributed by atoms with E-state index in [4.69, 9.17) is 4.98 Å². The first-order valence-corrected chi connectivity index (χ1v) is 10.1. The number of aromatic nitrogens is 7. The van der Waals surface area contributed by atoms with E-state index < -0.39 is 0 Å². The van der Waals surface area contributed by atoms with Crippen molar-refractivity contribution >= 4 is 17.4 Å². The molecule has 0 spiro atoms. The van der Waals surface area contributed by atoms with E-state index in [2.05, 4.69) is 48.4 Å². The third-order valence-corrected chi connectivity index (χ3v) is 5.54. The molecule has 0 unspecified atom stereocenters. The van der Waals surface area contributed by atoms with Crippen molar-refractivity contribution in [2.24, 2.45) is 0 Å². The Morgan fingerprint density at radius 3 is 2.61 bits per heavy atom. The van der Waals surface area contributed by atoms with Gasteiger partial charge in [-0.05, 0) is 31.0 Å². The van der Waals surface area contributed by atoms with Crippen LogP contribution >= 0.6 is 0 Å². The van der Waals surface area contributed by atoms with Crippen LogP contribution in [0.3, 0.4) is 0 Å². The van der Waals surface area contributed by atoms with Crippen LogP contribution in [-0.4, -0.2) is 41.3 Å². The maximum Gasteiger partial charge on any atom is 0.272 e. The molecule has 0 saturated heterocycles. The van der Waals surface area contributed by atoms with Crippen molar-refractivity contribution in [1.29, 1.82) is 0 Å². The van der Waals surface area contributed by atoms with Crippen molar-refractivity contribution < 1.29 is 0 Å². The van der Waals surface area contributed by atoms with Crippen molar-refractivity contribution in [2.45, 2.75) is 13.3 Å². The fourth-order valence-corrected chi connectivity index (χ4v) is 3.96. The Balaban J connectivity index is 1.42. The summed E-state index contributed by atoms with van der Waals surface area (Å²) in [6, 6.07) is 20.1. The van der Waals surface area contributed by atoms with E-state index in [1.807, 2.05) is 49.4 Å². The molecule has 0 saturated carbocycles. The second kappa shape index (κ2) is 6.94. The number of aryl methyl sites for hydroxylation is 1. The maximum atomic E-state index is 4.81. The highest BCUT2D eigenvalue weighted by molar-refractivity contribution is 5.67. The SMILES string of the molecule is Cc1c(-c2ccnc(N3CCc4ccccc43)n2)nnc2nc(-c3ccccc3)nn12. The Hall–Kier alpha value is -4.20. The van der Waals surface area contributed by atoms with Gasteiger partial charge in [0.2, 0.25) is 5.95 Å². The van der Waals surface area contributed by atoms with Crippen LogP contribution in [0.4, 0.5) is 11.6 Å². The molecule has 0 atom stereocenters. The third-order valence-electron chi connectivity index (χ3n) is 5.54. The highest BCUT2D eigenvalue weighted by Crippen LogP contribution is 2.33. The lowest BCUT2D eigenvalue weighted by Gasteiger charge is -2.17. The third kappa shape index (κ3) is 2.92. The van der Waals surface area contributed by atoms with Gasteiger partial charge in [0.25, 0.3) is 5.78 Å². The molecule has 31 heavy (non-hydrogen) atoms. The van der Waals surface area contributed by atoms with E-state index in [-0.39, 0.29) is 0 Å². The van der Waals surface area contributed by atoms with E-state index in [9.17, 15) is 0 Å². The zero-order valence-corrected chi connectivity index (χ0v) is 16.8. The summed E-state index contributed by atoms with van der Waals surface area (Å²) in [6.45, 7) is 2.81. The number of rotatable bonds is 3. The molecule has 0 aliphatic carbocycles. The average molecular weight is 406 g/mol. The number of fused-ring (bicyclic) bond motifs is 2. The molecule has 0 radical (unpaired) electrons. The summed E-state index contributed by atoms with van der Waals surface area (Å²) in [5, 5.41) is 13.4. The Morgan fingerprint density at radius 2 is 1.71 bits per heavy atom.